The third-order valence-corrected chi connectivity index (χ3v) is 3.35. The third-order valence-electron chi connectivity index (χ3n) is 3.35. The lowest BCUT2D eigenvalue weighted by Gasteiger charge is -2.10. The molecule has 0 amide bonds. The van der Waals surface area contributed by atoms with E-state index in [4.69, 9.17) is 10.5 Å². The lowest BCUT2D eigenvalue weighted by molar-refractivity contribution is 0.326. The van der Waals surface area contributed by atoms with Crippen molar-refractivity contribution in [1.29, 1.82) is 0 Å². The molecule has 0 aliphatic carbocycles. The number of nitrogen functional groups attached to an aromatic ring is 1. The number of benzene rings is 1. The van der Waals surface area contributed by atoms with E-state index in [1.807, 2.05) is 0 Å². The topological polar surface area (TPSA) is 86.8 Å². The molecule has 0 fully saturated rings. The molecule has 2 aromatic heterocycles. The van der Waals surface area contributed by atoms with Crippen molar-refractivity contribution in [2.45, 2.75) is 13.3 Å². The van der Waals surface area contributed by atoms with E-state index in [0.717, 1.165) is 12.1 Å². The van der Waals surface area contributed by atoms with Gasteiger partial charge in [-0.3, -0.25) is 4.98 Å². The highest BCUT2D eigenvalue weighted by molar-refractivity contribution is 5.64. The molecule has 0 radical (unpaired) electrons. The normalized spacial score (nSPS) is 10.7. The number of aromatic nitrogens is 4. The number of rotatable bonds is 5. The van der Waals surface area contributed by atoms with Crippen LogP contribution in [0.2, 0.25) is 0 Å². The first kappa shape index (κ1) is 16.7. The fourth-order valence-electron chi connectivity index (χ4n) is 2.22. The van der Waals surface area contributed by atoms with Crippen LogP contribution in [-0.2, 0) is 6.42 Å². The molecule has 8 heteroatoms. The van der Waals surface area contributed by atoms with Gasteiger partial charge in [0, 0.05) is 12.0 Å². The van der Waals surface area contributed by atoms with Crippen LogP contribution < -0.4 is 10.5 Å². The van der Waals surface area contributed by atoms with Gasteiger partial charge in [-0.2, -0.15) is 0 Å². The number of halogens is 2. The highest BCUT2D eigenvalue weighted by atomic mass is 19.2. The molecule has 0 atom stereocenters. The fourth-order valence-corrected chi connectivity index (χ4v) is 2.22. The first-order chi connectivity index (χ1) is 12.1. The molecule has 0 spiro atoms. The average molecular weight is 343 g/mol. The van der Waals surface area contributed by atoms with Gasteiger partial charge in [0.05, 0.1) is 36.6 Å². The molecular formula is C17H15F2N5O. The Morgan fingerprint density at radius 2 is 1.80 bits per heavy atom. The van der Waals surface area contributed by atoms with Crippen molar-refractivity contribution in [3.8, 4) is 17.1 Å². The summed E-state index contributed by atoms with van der Waals surface area (Å²) in [5.41, 5.74) is 7.47. The predicted octanol–water partition coefficient (Wildman–Crippen LogP) is 2.78. The predicted molar refractivity (Wildman–Crippen MR) is 87.8 cm³/mol. The van der Waals surface area contributed by atoms with Gasteiger partial charge >= 0.3 is 0 Å². The van der Waals surface area contributed by atoms with E-state index >= 15 is 0 Å². The summed E-state index contributed by atoms with van der Waals surface area (Å²) in [6.45, 7) is 2.17. The summed E-state index contributed by atoms with van der Waals surface area (Å²) in [7, 11) is 0. The molecule has 0 bridgehead atoms. The summed E-state index contributed by atoms with van der Waals surface area (Å²) in [6.07, 6.45) is 4.91. The summed E-state index contributed by atoms with van der Waals surface area (Å²) in [5, 5.41) is 0. The number of anilines is 1. The van der Waals surface area contributed by atoms with E-state index < -0.39 is 11.6 Å². The largest absolute Gasteiger partial charge is 0.476 e. The van der Waals surface area contributed by atoms with Gasteiger partial charge in [-0.1, -0.05) is 0 Å². The van der Waals surface area contributed by atoms with Crippen LogP contribution >= 0.6 is 0 Å². The molecule has 6 nitrogen and oxygen atoms in total. The molecule has 25 heavy (non-hydrogen) atoms. The minimum Gasteiger partial charge on any atom is -0.476 e. The minimum absolute atomic E-state index is 0.251. The van der Waals surface area contributed by atoms with Gasteiger partial charge in [-0.25, -0.2) is 23.7 Å². The molecule has 3 rings (SSSR count). The number of nitrogens with two attached hydrogens (primary N) is 1. The highest BCUT2D eigenvalue weighted by Crippen LogP contribution is 2.28. The van der Waals surface area contributed by atoms with Crippen molar-refractivity contribution >= 4 is 5.82 Å². The fraction of sp³-hybridized carbons (Fsp3) is 0.176. The van der Waals surface area contributed by atoms with Crippen LogP contribution in [0.25, 0.3) is 11.3 Å². The summed E-state index contributed by atoms with van der Waals surface area (Å²) >= 11 is 0. The van der Waals surface area contributed by atoms with Gasteiger partial charge in [-0.05, 0) is 25.1 Å². The molecule has 2 N–H and O–H groups in total. The molecule has 0 saturated carbocycles. The van der Waals surface area contributed by atoms with Crippen molar-refractivity contribution in [2.24, 2.45) is 0 Å². The van der Waals surface area contributed by atoms with Crippen molar-refractivity contribution < 1.29 is 13.5 Å². The average Bonchev–Trinajstić information content (AvgIpc) is 2.61. The van der Waals surface area contributed by atoms with Crippen molar-refractivity contribution in [2.75, 3.05) is 12.3 Å². The van der Waals surface area contributed by atoms with Crippen molar-refractivity contribution in [3.05, 3.63) is 59.8 Å². The maximum absolute atomic E-state index is 13.6. The SMILES string of the molecule is CCOc1ncc(Cc2cnc(N)cn2)nc1-c1ccc(F)c(F)c1. The van der Waals surface area contributed by atoms with Crippen LogP contribution in [-0.4, -0.2) is 26.5 Å². The molecule has 0 aliphatic heterocycles. The summed E-state index contributed by atoms with van der Waals surface area (Å²) in [5.74, 6) is -1.32. The van der Waals surface area contributed by atoms with E-state index in [1.54, 1.807) is 19.3 Å². The van der Waals surface area contributed by atoms with E-state index in [-0.39, 0.29) is 5.88 Å². The van der Waals surface area contributed by atoms with Crippen LogP contribution in [0.1, 0.15) is 18.3 Å². The zero-order valence-corrected chi connectivity index (χ0v) is 13.4. The lowest BCUT2D eigenvalue weighted by Crippen LogP contribution is -2.04. The molecule has 1 aromatic carbocycles. The van der Waals surface area contributed by atoms with Gasteiger partial charge in [0.1, 0.15) is 11.5 Å². The van der Waals surface area contributed by atoms with E-state index in [9.17, 15) is 8.78 Å². The summed E-state index contributed by atoms with van der Waals surface area (Å²) in [4.78, 5) is 16.9. The second-order valence-corrected chi connectivity index (χ2v) is 5.19. The standard InChI is InChI=1S/C17H15F2N5O/c1-2-25-17-16(10-3-4-13(18)14(19)5-10)24-12(8-23-17)6-11-7-22-15(20)9-21-11/h3-5,7-9H,2,6H2,1H3,(H2,20,22). The molecule has 128 valence electrons. The Labute approximate surface area is 142 Å². The molecule has 0 unspecified atom stereocenters. The van der Waals surface area contributed by atoms with Crippen LogP contribution in [0.4, 0.5) is 14.6 Å². The van der Waals surface area contributed by atoms with Gasteiger partial charge in [0.15, 0.2) is 11.6 Å². The van der Waals surface area contributed by atoms with Crippen LogP contribution in [0.5, 0.6) is 5.88 Å². The monoisotopic (exact) mass is 343 g/mol. The van der Waals surface area contributed by atoms with E-state index in [0.29, 0.717) is 41.5 Å². The Morgan fingerprint density at radius 1 is 1.00 bits per heavy atom. The van der Waals surface area contributed by atoms with Gasteiger partial charge in [0.2, 0.25) is 5.88 Å². The second kappa shape index (κ2) is 7.16. The Kier molecular flexibility index (Phi) is 4.78. The molecule has 2 heterocycles. The van der Waals surface area contributed by atoms with Crippen molar-refractivity contribution in [3.63, 3.8) is 0 Å². The molecule has 0 aliphatic rings. The quantitative estimate of drug-likeness (QED) is 0.766. The van der Waals surface area contributed by atoms with Crippen LogP contribution in [0.15, 0.2) is 36.8 Å². The van der Waals surface area contributed by atoms with E-state index in [1.165, 1.54) is 12.3 Å². The first-order valence-electron chi connectivity index (χ1n) is 7.57. The first-order valence-corrected chi connectivity index (χ1v) is 7.57. The number of hydrogen-bond acceptors (Lipinski definition) is 6. The third kappa shape index (κ3) is 3.85. The smallest absolute Gasteiger partial charge is 0.240 e. The zero-order chi connectivity index (χ0) is 17.8. The second-order valence-electron chi connectivity index (χ2n) is 5.19. The Bertz CT molecular complexity index is 887. The molecule has 0 saturated heterocycles. The molecule has 3 aromatic rings. The zero-order valence-electron chi connectivity index (χ0n) is 13.4. The van der Waals surface area contributed by atoms with E-state index in [2.05, 4.69) is 19.9 Å². The van der Waals surface area contributed by atoms with Gasteiger partial charge in [-0.15, -0.1) is 0 Å². The number of hydrogen-bond donors (Lipinski definition) is 1. The summed E-state index contributed by atoms with van der Waals surface area (Å²) < 4.78 is 32.2. The highest BCUT2D eigenvalue weighted by Gasteiger charge is 2.14. The summed E-state index contributed by atoms with van der Waals surface area (Å²) in [6, 6.07) is 3.53. The minimum atomic E-state index is -0.962. The van der Waals surface area contributed by atoms with Crippen LogP contribution in [0, 0.1) is 11.6 Å². The Hall–Kier alpha value is -3.16. The Balaban J connectivity index is 1.99. The maximum Gasteiger partial charge on any atom is 0.240 e. The number of nitrogens with zero attached hydrogens (tertiary/aromatic N) is 4. The molecular weight excluding hydrogens is 328 g/mol. The van der Waals surface area contributed by atoms with Crippen molar-refractivity contribution in [1.82, 2.24) is 19.9 Å². The van der Waals surface area contributed by atoms with Gasteiger partial charge in [0.25, 0.3) is 0 Å². The van der Waals surface area contributed by atoms with Gasteiger partial charge < -0.3 is 10.5 Å². The van der Waals surface area contributed by atoms with Crippen LogP contribution in [0.3, 0.4) is 0 Å². The number of ether oxygens (including phenoxy) is 1. The lowest BCUT2D eigenvalue weighted by atomic mass is 10.1. The Morgan fingerprint density at radius 3 is 2.48 bits per heavy atom. The maximum atomic E-state index is 13.6.